The summed E-state index contributed by atoms with van der Waals surface area (Å²) in [5, 5.41) is 5.76. The van der Waals surface area contributed by atoms with Gasteiger partial charge in [0.2, 0.25) is 11.8 Å². The molecule has 0 atom stereocenters. The average Bonchev–Trinajstić information content (AvgIpc) is 2.61. The number of carbonyl (C=O) groups is 2. The zero-order valence-electron chi connectivity index (χ0n) is 16.4. The minimum absolute atomic E-state index is 0.0580. The molecule has 0 spiro atoms. The van der Waals surface area contributed by atoms with E-state index in [9.17, 15) is 9.59 Å². The van der Waals surface area contributed by atoms with E-state index in [1.807, 2.05) is 45.0 Å². The van der Waals surface area contributed by atoms with Gasteiger partial charge in [-0.05, 0) is 44.4 Å². The molecule has 149 valence electrons. The third-order valence-corrected chi connectivity index (χ3v) is 3.77. The Kier molecular flexibility index (Phi) is 7.31. The van der Waals surface area contributed by atoms with Crippen LogP contribution in [0.2, 0.25) is 0 Å². The molecule has 4 N–H and O–H groups in total. The highest BCUT2D eigenvalue weighted by atomic mass is 16.5. The van der Waals surface area contributed by atoms with Crippen molar-refractivity contribution in [3.05, 3.63) is 48.1 Å². The standard InChI is InChI=1S/C20H26N5O3/c1-5-16-20(28-12(2)3)25-19(17(24-16)18(21)27)23-15-8-6-7-14(11-15)9-10-22-13(4)26/h6-8,11-12H,4-5,9-10H2,1-3H3,(H2,21,27)(H,22,26)(H,23,25). The molecule has 0 fully saturated rings. The molecule has 28 heavy (non-hydrogen) atoms. The zero-order chi connectivity index (χ0) is 20.7. The highest BCUT2D eigenvalue weighted by molar-refractivity contribution is 5.96. The fourth-order valence-corrected chi connectivity index (χ4v) is 2.55. The Bertz CT molecular complexity index is 852. The molecule has 0 unspecified atom stereocenters. The van der Waals surface area contributed by atoms with Crippen molar-refractivity contribution in [3.8, 4) is 5.88 Å². The van der Waals surface area contributed by atoms with E-state index in [1.165, 1.54) is 0 Å². The number of nitrogens with one attached hydrogen (secondary N) is 2. The molecule has 2 rings (SSSR count). The summed E-state index contributed by atoms with van der Waals surface area (Å²) in [6.07, 6.45) is 1.11. The molecular weight excluding hydrogens is 358 g/mol. The number of carbonyl (C=O) groups excluding carboxylic acids is 2. The van der Waals surface area contributed by atoms with Gasteiger partial charge in [0, 0.05) is 19.2 Å². The molecule has 1 aromatic carbocycles. The predicted molar refractivity (Wildman–Crippen MR) is 107 cm³/mol. The smallest absolute Gasteiger partial charge is 0.271 e. The molecule has 0 saturated heterocycles. The van der Waals surface area contributed by atoms with Crippen molar-refractivity contribution in [2.75, 3.05) is 11.9 Å². The number of benzene rings is 1. The second-order valence-corrected chi connectivity index (χ2v) is 6.48. The summed E-state index contributed by atoms with van der Waals surface area (Å²) in [6, 6.07) is 7.55. The van der Waals surface area contributed by atoms with Gasteiger partial charge in [0.05, 0.1) is 6.10 Å². The van der Waals surface area contributed by atoms with E-state index in [0.29, 0.717) is 31.0 Å². The summed E-state index contributed by atoms with van der Waals surface area (Å²) in [7, 11) is 0. The molecule has 1 aromatic heterocycles. The predicted octanol–water partition coefficient (Wildman–Crippen LogP) is 2.16. The number of rotatable bonds is 9. The van der Waals surface area contributed by atoms with Crippen molar-refractivity contribution in [1.29, 1.82) is 0 Å². The summed E-state index contributed by atoms with van der Waals surface area (Å²) in [4.78, 5) is 31.6. The van der Waals surface area contributed by atoms with Crippen molar-refractivity contribution in [2.45, 2.75) is 39.7 Å². The second-order valence-electron chi connectivity index (χ2n) is 6.48. The Hall–Kier alpha value is -3.16. The molecule has 2 amide bonds. The first kappa shape index (κ1) is 21.1. The Labute approximate surface area is 164 Å². The van der Waals surface area contributed by atoms with Crippen LogP contribution in [0.3, 0.4) is 0 Å². The van der Waals surface area contributed by atoms with Crippen molar-refractivity contribution < 1.29 is 14.3 Å². The van der Waals surface area contributed by atoms with Gasteiger partial charge in [-0.15, -0.1) is 0 Å². The van der Waals surface area contributed by atoms with Crippen LogP contribution in [0.4, 0.5) is 11.5 Å². The number of aromatic nitrogens is 2. The number of nitrogens with two attached hydrogens (primary N) is 1. The maximum absolute atomic E-state index is 11.9. The molecule has 0 aliphatic rings. The number of aryl methyl sites for hydroxylation is 1. The van der Waals surface area contributed by atoms with E-state index < -0.39 is 5.91 Å². The summed E-state index contributed by atoms with van der Waals surface area (Å²) >= 11 is 0. The lowest BCUT2D eigenvalue weighted by Crippen LogP contribution is -2.22. The highest BCUT2D eigenvalue weighted by Crippen LogP contribution is 2.25. The summed E-state index contributed by atoms with van der Waals surface area (Å²) in [5.74, 6) is -0.373. The van der Waals surface area contributed by atoms with Gasteiger partial charge in [0.15, 0.2) is 11.5 Å². The highest BCUT2D eigenvalue weighted by Gasteiger charge is 2.18. The van der Waals surface area contributed by atoms with Crippen LogP contribution < -0.4 is 21.1 Å². The molecule has 1 heterocycles. The van der Waals surface area contributed by atoms with E-state index in [2.05, 4.69) is 27.5 Å². The summed E-state index contributed by atoms with van der Waals surface area (Å²) in [6.45, 7) is 9.45. The molecule has 0 bridgehead atoms. The van der Waals surface area contributed by atoms with Crippen molar-refractivity contribution in [1.82, 2.24) is 15.3 Å². The number of hydrogen-bond acceptors (Lipinski definition) is 6. The van der Waals surface area contributed by atoms with Gasteiger partial charge in [0.1, 0.15) is 5.69 Å². The minimum atomic E-state index is -0.671. The van der Waals surface area contributed by atoms with Gasteiger partial charge >= 0.3 is 0 Å². The maximum atomic E-state index is 11.9. The lowest BCUT2D eigenvalue weighted by Gasteiger charge is -2.16. The van der Waals surface area contributed by atoms with Crippen LogP contribution in [0.5, 0.6) is 5.88 Å². The Morgan fingerprint density at radius 3 is 2.64 bits per heavy atom. The number of nitrogens with zero attached hydrogens (tertiary/aromatic N) is 2. The zero-order valence-corrected chi connectivity index (χ0v) is 16.4. The van der Waals surface area contributed by atoms with Crippen LogP contribution in [0.25, 0.3) is 0 Å². The number of amides is 2. The molecule has 8 nitrogen and oxygen atoms in total. The average molecular weight is 384 g/mol. The molecule has 0 saturated carbocycles. The number of ether oxygens (including phenoxy) is 1. The van der Waals surface area contributed by atoms with Crippen molar-refractivity contribution in [3.63, 3.8) is 0 Å². The second kappa shape index (κ2) is 9.68. The van der Waals surface area contributed by atoms with Gasteiger partial charge in [-0.25, -0.2) is 4.98 Å². The first-order valence-corrected chi connectivity index (χ1v) is 9.13. The third kappa shape index (κ3) is 5.94. The number of hydrogen-bond donors (Lipinski definition) is 3. The summed E-state index contributed by atoms with van der Waals surface area (Å²) in [5.41, 5.74) is 7.85. The molecule has 2 aromatic rings. The van der Waals surface area contributed by atoms with E-state index >= 15 is 0 Å². The van der Waals surface area contributed by atoms with Gasteiger partial charge < -0.3 is 21.1 Å². The topological polar surface area (TPSA) is 119 Å². The lowest BCUT2D eigenvalue weighted by molar-refractivity contribution is -0.116. The molecule has 1 radical (unpaired) electrons. The van der Waals surface area contributed by atoms with Crippen LogP contribution in [0.15, 0.2) is 24.3 Å². The van der Waals surface area contributed by atoms with Gasteiger partial charge in [0.25, 0.3) is 5.91 Å². The van der Waals surface area contributed by atoms with E-state index in [1.54, 1.807) is 0 Å². The quantitative estimate of drug-likeness (QED) is 0.609. The molecule has 0 aliphatic heterocycles. The Balaban J connectivity index is 2.31. The van der Waals surface area contributed by atoms with Crippen LogP contribution in [0, 0.1) is 6.92 Å². The maximum Gasteiger partial charge on any atom is 0.271 e. The van der Waals surface area contributed by atoms with Gasteiger partial charge in [-0.1, -0.05) is 19.1 Å². The Morgan fingerprint density at radius 1 is 1.29 bits per heavy atom. The van der Waals surface area contributed by atoms with Crippen LogP contribution in [-0.4, -0.2) is 34.4 Å². The van der Waals surface area contributed by atoms with Crippen LogP contribution in [-0.2, 0) is 17.6 Å². The SMILES string of the molecule is [CH2]C(=O)NCCc1cccc(Nc2nc(OC(C)C)c(CC)nc2C(N)=O)c1. The normalized spacial score (nSPS) is 10.6. The van der Waals surface area contributed by atoms with E-state index in [0.717, 1.165) is 11.3 Å². The fraction of sp³-hybridized carbons (Fsp3) is 0.350. The third-order valence-electron chi connectivity index (χ3n) is 3.77. The van der Waals surface area contributed by atoms with Crippen LogP contribution in [0.1, 0.15) is 42.5 Å². The van der Waals surface area contributed by atoms with E-state index in [4.69, 9.17) is 10.5 Å². The molecular formula is C20H26N5O3. The van der Waals surface area contributed by atoms with Crippen molar-refractivity contribution in [2.24, 2.45) is 5.73 Å². The van der Waals surface area contributed by atoms with Crippen molar-refractivity contribution >= 4 is 23.3 Å². The number of anilines is 2. The monoisotopic (exact) mass is 384 g/mol. The first-order chi connectivity index (χ1) is 13.3. The van der Waals surface area contributed by atoms with Gasteiger partial charge in [-0.3, -0.25) is 9.59 Å². The first-order valence-electron chi connectivity index (χ1n) is 9.13. The largest absolute Gasteiger partial charge is 0.474 e. The lowest BCUT2D eigenvalue weighted by atomic mass is 10.1. The molecule has 0 aliphatic carbocycles. The minimum Gasteiger partial charge on any atom is -0.474 e. The number of primary amides is 1. The molecule has 8 heteroatoms. The van der Waals surface area contributed by atoms with Crippen LogP contribution >= 0.6 is 0 Å². The summed E-state index contributed by atoms with van der Waals surface area (Å²) < 4.78 is 5.74. The van der Waals surface area contributed by atoms with E-state index in [-0.39, 0.29) is 23.5 Å². The fourth-order valence-electron chi connectivity index (χ4n) is 2.55. The Morgan fingerprint density at radius 2 is 2.04 bits per heavy atom. The van der Waals surface area contributed by atoms with Gasteiger partial charge in [-0.2, -0.15) is 4.98 Å².